The van der Waals surface area contributed by atoms with Gasteiger partial charge in [-0.25, -0.2) is 0 Å². The van der Waals surface area contributed by atoms with Crippen LogP contribution in [0.2, 0.25) is 5.02 Å². The van der Waals surface area contributed by atoms with E-state index < -0.39 is 0 Å². The second-order valence-corrected chi connectivity index (χ2v) is 7.94. The van der Waals surface area contributed by atoms with Crippen molar-refractivity contribution in [2.75, 3.05) is 26.7 Å². The van der Waals surface area contributed by atoms with Crippen LogP contribution in [0.15, 0.2) is 46.1 Å². The minimum absolute atomic E-state index is 0. The first-order valence-electron chi connectivity index (χ1n) is 9.16. The summed E-state index contributed by atoms with van der Waals surface area (Å²) in [6.07, 6.45) is 2.41. The molecule has 0 aliphatic carbocycles. The molecule has 0 unspecified atom stereocenters. The summed E-state index contributed by atoms with van der Waals surface area (Å²) in [7, 11) is 1.83. The zero-order valence-electron chi connectivity index (χ0n) is 15.7. The van der Waals surface area contributed by atoms with Crippen LogP contribution < -0.4 is 10.6 Å². The van der Waals surface area contributed by atoms with E-state index in [9.17, 15) is 0 Å². The molecule has 0 spiro atoms. The van der Waals surface area contributed by atoms with Gasteiger partial charge in [0, 0.05) is 31.7 Å². The Morgan fingerprint density at radius 2 is 2.00 bits per heavy atom. The Morgan fingerprint density at radius 3 is 2.67 bits per heavy atom. The average Bonchev–Trinajstić information content (AvgIpc) is 3.18. The van der Waals surface area contributed by atoms with E-state index in [4.69, 9.17) is 11.6 Å². The second-order valence-electron chi connectivity index (χ2n) is 6.75. The fourth-order valence-electron chi connectivity index (χ4n) is 3.26. The molecule has 0 amide bonds. The molecule has 27 heavy (non-hydrogen) atoms. The number of guanidine groups is 1. The normalized spacial score (nSPS) is 16.0. The van der Waals surface area contributed by atoms with E-state index in [0.717, 1.165) is 43.7 Å². The summed E-state index contributed by atoms with van der Waals surface area (Å²) in [5.74, 6) is 1.58. The first-order chi connectivity index (χ1) is 12.7. The standard InChI is InChI=1S/C20H27ClN4S.HI/c1-22-20(24-13-17-8-11-26-15-17)23-12-16-6-9-25(10-7-16)14-18-4-2-3-5-19(18)21;/h2-5,8,11,15-16H,6-7,9-10,12-14H2,1H3,(H2,22,23,24);1H. The first-order valence-corrected chi connectivity index (χ1v) is 10.5. The number of thiophene rings is 1. The minimum Gasteiger partial charge on any atom is -0.356 e. The Labute approximate surface area is 188 Å². The minimum atomic E-state index is 0. The molecule has 148 valence electrons. The molecule has 2 N–H and O–H groups in total. The summed E-state index contributed by atoms with van der Waals surface area (Å²) in [5.41, 5.74) is 2.52. The lowest BCUT2D eigenvalue weighted by molar-refractivity contribution is 0.178. The molecule has 2 aromatic rings. The molecule has 4 nitrogen and oxygen atoms in total. The topological polar surface area (TPSA) is 39.7 Å². The van der Waals surface area contributed by atoms with Crippen LogP contribution in [0.5, 0.6) is 0 Å². The molecule has 1 aliphatic rings. The molecule has 0 atom stereocenters. The van der Waals surface area contributed by atoms with Crippen LogP contribution in [-0.4, -0.2) is 37.5 Å². The number of hydrogen-bond donors (Lipinski definition) is 2. The molecule has 2 heterocycles. The molecule has 1 saturated heterocycles. The van der Waals surface area contributed by atoms with Gasteiger partial charge in [-0.15, -0.1) is 24.0 Å². The lowest BCUT2D eigenvalue weighted by Crippen LogP contribution is -2.42. The van der Waals surface area contributed by atoms with Gasteiger partial charge in [0.25, 0.3) is 0 Å². The van der Waals surface area contributed by atoms with Gasteiger partial charge in [-0.3, -0.25) is 9.89 Å². The molecule has 1 aliphatic heterocycles. The maximum absolute atomic E-state index is 6.28. The summed E-state index contributed by atoms with van der Waals surface area (Å²) in [5, 5.41) is 12.0. The van der Waals surface area contributed by atoms with E-state index in [2.05, 4.69) is 49.5 Å². The summed E-state index contributed by atoms with van der Waals surface area (Å²) in [4.78, 5) is 6.83. The lowest BCUT2D eigenvalue weighted by Gasteiger charge is -2.32. The number of rotatable bonds is 6. The zero-order valence-corrected chi connectivity index (χ0v) is 19.6. The predicted molar refractivity (Wildman–Crippen MR) is 127 cm³/mol. The van der Waals surface area contributed by atoms with Crippen molar-refractivity contribution in [1.29, 1.82) is 0 Å². The van der Waals surface area contributed by atoms with Crippen LogP contribution in [-0.2, 0) is 13.1 Å². The van der Waals surface area contributed by atoms with Gasteiger partial charge in [-0.2, -0.15) is 11.3 Å². The number of benzene rings is 1. The number of likely N-dealkylation sites (tertiary alicyclic amines) is 1. The van der Waals surface area contributed by atoms with Crippen molar-refractivity contribution in [1.82, 2.24) is 15.5 Å². The molecule has 1 aromatic carbocycles. The summed E-state index contributed by atoms with van der Waals surface area (Å²) >= 11 is 8.01. The van der Waals surface area contributed by atoms with Crippen molar-refractivity contribution in [3.05, 3.63) is 57.2 Å². The Morgan fingerprint density at radius 1 is 1.22 bits per heavy atom. The largest absolute Gasteiger partial charge is 0.356 e. The van der Waals surface area contributed by atoms with Crippen molar-refractivity contribution < 1.29 is 0 Å². The SMILES string of the molecule is CN=C(NCc1ccsc1)NCC1CCN(Cc2ccccc2Cl)CC1.I. The highest BCUT2D eigenvalue weighted by Gasteiger charge is 2.20. The molecular formula is C20H28ClIN4S. The molecule has 0 saturated carbocycles. The number of halogens is 2. The Kier molecular flexibility index (Phi) is 9.89. The van der Waals surface area contributed by atoms with Gasteiger partial charge in [0.2, 0.25) is 0 Å². The highest BCUT2D eigenvalue weighted by atomic mass is 127. The van der Waals surface area contributed by atoms with Crippen molar-refractivity contribution in [3.63, 3.8) is 0 Å². The van der Waals surface area contributed by atoms with Gasteiger partial charge in [-0.1, -0.05) is 29.8 Å². The van der Waals surface area contributed by atoms with Crippen LogP contribution in [0, 0.1) is 5.92 Å². The van der Waals surface area contributed by atoms with Crippen molar-refractivity contribution in [3.8, 4) is 0 Å². The third-order valence-electron chi connectivity index (χ3n) is 4.88. The monoisotopic (exact) mass is 518 g/mol. The van der Waals surface area contributed by atoms with Gasteiger partial charge in [0.15, 0.2) is 5.96 Å². The van der Waals surface area contributed by atoms with Crippen LogP contribution in [0.1, 0.15) is 24.0 Å². The average molecular weight is 519 g/mol. The van der Waals surface area contributed by atoms with E-state index in [1.807, 2.05) is 19.2 Å². The third-order valence-corrected chi connectivity index (χ3v) is 5.98. The third kappa shape index (κ3) is 7.25. The van der Waals surface area contributed by atoms with E-state index in [0.29, 0.717) is 5.92 Å². The van der Waals surface area contributed by atoms with Gasteiger partial charge in [0.05, 0.1) is 0 Å². The number of nitrogens with zero attached hydrogens (tertiary/aromatic N) is 2. The molecule has 0 bridgehead atoms. The van der Waals surface area contributed by atoms with Gasteiger partial charge >= 0.3 is 0 Å². The Balaban J connectivity index is 0.00000261. The van der Waals surface area contributed by atoms with Crippen molar-refractivity contribution in [2.24, 2.45) is 10.9 Å². The first kappa shape index (κ1) is 22.5. The van der Waals surface area contributed by atoms with Crippen LogP contribution >= 0.6 is 46.9 Å². The Hall–Kier alpha value is -0.830. The molecule has 7 heteroatoms. The predicted octanol–water partition coefficient (Wildman–Crippen LogP) is 4.60. The summed E-state index contributed by atoms with van der Waals surface area (Å²) in [6.45, 7) is 4.99. The summed E-state index contributed by atoms with van der Waals surface area (Å²) < 4.78 is 0. The summed E-state index contributed by atoms with van der Waals surface area (Å²) in [6, 6.07) is 10.3. The van der Waals surface area contributed by atoms with Crippen LogP contribution in [0.3, 0.4) is 0 Å². The highest BCUT2D eigenvalue weighted by molar-refractivity contribution is 14.0. The molecular weight excluding hydrogens is 491 g/mol. The van der Waals surface area contributed by atoms with E-state index in [1.54, 1.807) is 11.3 Å². The quantitative estimate of drug-likeness (QED) is 0.334. The van der Waals surface area contributed by atoms with Gasteiger partial charge < -0.3 is 10.6 Å². The fourth-order valence-corrected chi connectivity index (χ4v) is 4.12. The number of nitrogens with one attached hydrogen (secondary N) is 2. The second kappa shape index (κ2) is 11.9. The smallest absolute Gasteiger partial charge is 0.191 e. The van der Waals surface area contributed by atoms with E-state index in [-0.39, 0.29) is 24.0 Å². The maximum Gasteiger partial charge on any atom is 0.191 e. The maximum atomic E-state index is 6.28. The van der Waals surface area contributed by atoms with Crippen molar-refractivity contribution >= 4 is 52.9 Å². The molecule has 3 rings (SSSR count). The molecule has 1 aromatic heterocycles. The van der Waals surface area contributed by atoms with E-state index >= 15 is 0 Å². The Bertz CT molecular complexity index is 700. The zero-order chi connectivity index (χ0) is 18.2. The number of hydrogen-bond acceptors (Lipinski definition) is 3. The van der Waals surface area contributed by atoms with Gasteiger partial charge in [-0.05, 0) is 65.9 Å². The molecule has 0 radical (unpaired) electrons. The highest BCUT2D eigenvalue weighted by Crippen LogP contribution is 2.21. The van der Waals surface area contributed by atoms with Crippen molar-refractivity contribution in [2.45, 2.75) is 25.9 Å². The van der Waals surface area contributed by atoms with E-state index in [1.165, 1.54) is 24.0 Å². The van der Waals surface area contributed by atoms with Crippen LogP contribution in [0.25, 0.3) is 0 Å². The number of piperidine rings is 1. The number of aliphatic imine (C=N–C) groups is 1. The lowest BCUT2D eigenvalue weighted by atomic mass is 9.96. The fraction of sp³-hybridized carbons (Fsp3) is 0.450. The molecule has 1 fully saturated rings. The van der Waals surface area contributed by atoms with Crippen LogP contribution in [0.4, 0.5) is 0 Å². The van der Waals surface area contributed by atoms with Gasteiger partial charge in [0.1, 0.15) is 0 Å².